The number of furan rings is 1. The second-order valence-electron chi connectivity index (χ2n) is 5.19. The third kappa shape index (κ3) is 2.79. The maximum Gasteiger partial charge on any atom is 0.371 e. The quantitative estimate of drug-likeness (QED) is 0.900. The highest BCUT2D eigenvalue weighted by Crippen LogP contribution is 2.40. The summed E-state index contributed by atoms with van der Waals surface area (Å²) in [5.41, 5.74) is 0.836. The number of nitrogens with one attached hydrogen (secondary N) is 1. The van der Waals surface area contributed by atoms with Crippen molar-refractivity contribution in [3.05, 3.63) is 41.9 Å². The summed E-state index contributed by atoms with van der Waals surface area (Å²) < 4.78 is 16.4. The number of hydrogen-bond donors (Lipinski definition) is 2. The van der Waals surface area contributed by atoms with Crippen LogP contribution in [-0.4, -0.2) is 16.9 Å². The van der Waals surface area contributed by atoms with Crippen LogP contribution < -0.4 is 14.8 Å². The molecule has 6 heteroatoms. The van der Waals surface area contributed by atoms with E-state index in [1.165, 1.54) is 6.07 Å². The number of ether oxygens (including phenoxy) is 2. The number of rotatable bonds is 4. The molecule has 2 heterocycles. The summed E-state index contributed by atoms with van der Waals surface area (Å²) in [4.78, 5) is 10.7. The Balaban J connectivity index is 1.68. The van der Waals surface area contributed by atoms with Gasteiger partial charge in [-0.15, -0.1) is 0 Å². The molecular weight excluding hydrogens is 274 g/mol. The summed E-state index contributed by atoms with van der Waals surface area (Å²) in [7, 11) is 0. The monoisotopic (exact) mass is 289 g/mol. The fraction of sp³-hybridized carbons (Fsp3) is 0.267. The fourth-order valence-electron chi connectivity index (χ4n) is 2.11. The minimum atomic E-state index is -1.08. The van der Waals surface area contributed by atoms with Crippen LogP contribution in [0.1, 0.15) is 30.2 Å². The van der Waals surface area contributed by atoms with Gasteiger partial charge < -0.3 is 24.3 Å². The van der Waals surface area contributed by atoms with Crippen LogP contribution in [0.5, 0.6) is 11.5 Å². The molecule has 1 aliphatic rings. The lowest BCUT2D eigenvalue weighted by molar-refractivity contribution is -0.0431. The minimum Gasteiger partial charge on any atom is -0.475 e. The number of anilines is 1. The van der Waals surface area contributed by atoms with E-state index in [4.69, 9.17) is 19.0 Å². The Morgan fingerprint density at radius 2 is 1.95 bits per heavy atom. The van der Waals surface area contributed by atoms with Gasteiger partial charge in [0.25, 0.3) is 0 Å². The van der Waals surface area contributed by atoms with Crippen LogP contribution in [0.2, 0.25) is 0 Å². The molecule has 0 aliphatic carbocycles. The van der Waals surface area contributed by atoms with Crippen molar-refractivity contribution in [3.63, 3.8) is 0 Å². The first-order valence-corrected chi connectivity index (χ1v) is 6.51. The van der Waals surface area contributed by atoms with E-state index in [2.05, 4.69) is 5.32 Å². The smallest absolute Gasteiger partial charge is 0.371 e. The molecule has 0 saturated carbocycles. The summed E-state index contributed by atoms with van der Waals surface area (Å²) in [6, 6.07) is 8.60. The number of carboxylic acid groups (broad SMARTS) is 1. The van der Waals surface area contributed by atoms with Gasteiger partial charge in [0, 0.05) is 25.6 Å². The predicted octanol–water partition coefficient (Wildman–Crippen LogP) is 3.10. The van der Waals surface area contributed by atoms with Gasteiger partial charge in [-0.25, -0.2) is 4.79 Å². The van der Waals surface area contributed by atoms with Crippen molar-refractivity contribution in [2.24, 2.45) is 0 Å². The van der Waals surface area contributed by atoms with Gasteiger partial charge in [0.15, 0.2) is 11.5 Å². The summed E-state index contributed by atoms with van der Waals surface area (Å²) in [6.07, 6.45) is 0. The molecular formula is C15H15NO5. The van der Waals surface area contributed by atoms with Crippen LogP contribution in [-0.2, 0) is 6.54 Å². The molecule has 21 heavy (non-hydrogen) atoms. The molecule has 0 saturated heterocycles. The van der Waals surface area contributed by atoms with E-state index in [-0.39, 0.29) is 5.76 Å². The summed E-state index contributed by atoms with van der Waals surface area (Å²) in [6.45, 7) is 4.07. The van der Waals surface area contributed by atoms with Gasteiger partial charge in [-0.05, 0) is 24.3 Å². The van der Waals surface area contributed by atoms with Crippen LogP contribution >= 0.6 is 0 Å². The molecule has 0 spiro atoms. The van der Waals surface area contributed by atoms with Crippen molar-refractivity contribution in [1.29, 1.82) is 0 Å². The Morgan fingerprint density at radius 3 is 2.67 bits per heavy atom. The van der Waals surface area contributed by atoms with Gasteiger partial charge >= 0.3 is 5.97 Å². The molecule has 2 aromatic rings. The van der Waals surface area contributed by atoms with Crippen LogP contribution in [0.3, 0.4) is 0 Å². The van der Waals surface area contributed by atoms with Crippen LogP contribution in [0.25, 0.3) is 0 Å². The van der Waals surface area contributed by atoms with Gasteiger partial charge in [-0.1, -0.05) is 0 Å². The predicted molar refractivity (Wildman–Crippen MR) is 74.8 cm³/mol. The van der Waals surface area contributed by atoms with E-state index in [9.17, 15) is 4.79 Å². The van der Waals surface area contributed by atoms with E-state index in [1.54, 1.807) is 6.07 Å². The van der Waals surface area contributed by atoms with E-state index in [0.29, 0.717) is 23.8 Å². The molecule has 0 atom stereocenters. The maximum atomic E-state index is 10.7. The summed E-state index contributed by atoms with van der Waals surface area (Å²) in [5, 5.41) is 11.9. The van der Waals surface area contributed by atoms with Crippen molar-refractivity contribution in [2.75, 3.05) is 5.32 Å². The average molecular weight is 289 g/mol. The zero-order valence-corrected chi connectivity index (χ0v) is 11.7. The van der Waals surface area contributed by atoms with Crippen LogP contribution in [0.15, 0.2) is 34.7 Å². The fourth-order valence-corrected chi connectivity index (χ4v) is 2.11. The van der Waals surface area contributed by atoms with Crippen molar-refractivity contribution >= 4 is 11.7 Å². The largest absolute Gasteiger partial charge is 0.475 e. The van der Waals surface area contributed by atoms with Crippen molar-refractivity contribution in [3.8, 4) is 11.5 Å². The average Bonchev–Trinajstić information content (AvgIpc) is 2.98. The molecule has 6 nitrogen and oxygen atoms in total. The topological polar surface area (TPSA) is 80.9 Å². The maximum absolute atomic E-state index is 10.7. The normalized spacial score (nSPS) is 15.0. The molecule has 0 amide bonds. The lowest BCUT2D eigenvalue weighted by Gasteiger charge is -2.16. The molecule has 1 aromatic heterocycles. The third-order valence-corrected chi connectivity index (χ3v) is 2.99. The number of benzene rings is 1. The Hall–Kier alpha value is -2.63. The molecule has 1 aromatic carbocycles. The second kappa shape index (κ2) is 4.73. The van der Waals surface area contributed by atoms with Gasteiger partial charge in [-0.3, -0.25) is 0 Å². The van der Waals surface area contributed by atoms with E-state index < -0.39 is 11.8 Å². The molecule has 0 unspecified atom stereocenters. The Labute approximate surface area is 121 Å². The van der Waals surface area contributed by atoms with Gasteiger partial charge in [0.05, 0.1) is 6.54 Å². The first-order valence-electron chi connectivity index (χ1n) is 6.51. The number of aromatic carboxylic acids is 1. The third-order valence-electron chi connectivity index (χ3n) is 2.99. The lowest BCUT2D eigenvalue weighted by atomic mass is 10.2. The number of hydrogen-bond acceptors (Lipinski definition) is 5. The number of carbonyl (C=O) groups is 1. The van der Waals surface area contributed by atoms with Crippen molar-refractivity contribution in [1.82, 2.24) is 0 Å². The lowest BCUT2D eigenvalue weighted by Crippen LogP contribution is -2.29. The highest BCUT2D eigenvalue weighted by molar-refractivity contribution is 5.84. The number of carboxylic acids is 1. The molecule has 1 aliphatic heterocycles. The van der Waals surface area contributed by atoms with Crippen LogP contribution in [0, 0.1) is 0 Å². The molecule has 3 rings (SSSR count). The standard InChI is InChI=1S/C15H15NO5/c1-15(2)20-11-5-3-9(7-13(11)21-15)16-8-10-4-6-12(19-10)14(17)18/h3-7,16H,8H2,1-2H3,(H,17,18). The van der Waals surface area contributed by atoms with E-state index in [1.807, 2.05) is 32.0 Å². The summed E-state index contributed by atoms with van der Waals surface area (Å²) in [5.74, 6) is 0.127. The Kier molecular flexibility index (Phi) is 3.01. The summed E-state index contributed by atoms with van der Waals surface area (Å²) >= 11 is 0. The molecule has 0 bridgehead atoms. The molecule has 0 fully saturated rings. The van der Waals surface area contributed by atoms with E-state index >= 15 is 0 Å². The van der Waals surface area contributed by atoms with Crippen molar-refractivity contribution in [2.45, 2.75) is 26.2 Å². The first-order chi connectivity index (χ1) is 9.93. The van der Waals surface area contributed by atoms with Gasteiger partial charge in [-0.2, -0.15) is 0 Å². The molecule has 2 N–H and O–H groups in total. The Bertz CT molecular complexity index is 689. The van der Waals surface area contributed by atoms with Gasteiger partial charge in [0.1, 0.15) is 5.76 Å². The molecule has 0 radical (unpaired) electrons. The zero-order chi connectivity index (χ0) is 15.0. The van der Waals surface area contributed by atoms with Crippen molar-refractivity contribution < 1.29 is 23.8 Å². The SMILES string of the molecule is CC1(C)Oc2ccc(NCc3ccc(C(=O)O)o3)cc2O1. The highest BCUT2D eigenvalue weighted by Gasteiger charge is 2.31. The Morgan fingerprint density at radius 1 is 1.19 bits per heavy atom. The van der Waals surface area contributed by atoms with Gasteiger partial charge in [0.2, 0.25) is 11.5 Å². The van der Waals surface area contributed by atoms with E-state index in [0.717, 1.165) is 5.69 Å². The zero-order valence-electron chi connectivity index (χ0n) is 11.7. The van der Waals surface area contributed by atoms with Crippen LogP contribution in [0.4, 0.5) is 5.69 Å². The highest BCUT2D eigenvalue weighted by atomic mass is 16.7. The molecule has 110 valence electrons. The number of fused-ring (bicyclic) bond motifs is 1. The second-order valence-corrected chi connectivity index (χ2v) is 5.19. The first kappa shape index (κ1) is 13.4. The minimum absolute atomic E-state index is 0.0702.